The van der Waals surface area contributed by atoms with Gasteiger partial charge in [0, 0.05) is 37.5 Å². The van der Waals surface area contributed by atoms with Gasteiger partial charge in [0.25, 0.3) is 0 Å². The molecule has 19 heavy (non-hydrogen) atoms. The van der Waals surface area contributed by atoms with Crippen LogP contribution in [0.4, 0.5) is 5.95 Å². The average Bonchev–Trinajstić information content (AvgIpc) is 3.08. The number of aromatic nitrogens is 2. The molecule has 1 unspecified atom stereocenters. The molecule has 2 rings (SSSR count). The van der Waals surface area contributed by atoms with E-state index >= 15 is 0 Å². The van der Waals surface area contributed by atoms with Crippen molar-refractivity contribution >= 4 is 17.3 Å². The molecule has 0 aromatic carbocycles. The summed E-state index contributed by atoms with van der Waals surface area (Å²) in [6, 6.07) is 4.66. The summed E-state index contributed by atoms with van der Waals surface area (Å²) >= 11 is 1.80. The molecular weight excluding hydrogens is 258 g/mol. The summed E-state index contributed by atoms with van der Waals surface area (Å²) in [7, 11) is 1.73. The maximum Gasteiger partial charge on any atom is 0.203 e. The van der Waals surface area contributed by atoms with Crippen LogP contribution in [0.25, 0.3) is 0 Å². The van der Waals surface area contributed by atoms with Crippen molar-refractivity contribution in [3.05, 3.63) is 34.8 Å². The van der Waals surface area contributed by atoms with Gasteiger partial charge in [0.05, 0.1) is 6.04 Å². The van der Waals surface area contributed by atoms with Gasteiger partial charge in [-0.25, -0.2) is 4.98 Å². The van der Waals surface area contributed by atoms with Crippen LogP contribution in [0.3, 0.4) is 0 Å². The predicted octanol–water partition coefficient (Wildman–Crippen LogP) is 3.39. The highest BCUT2D eigenvalue weighted by Crippen LogP contribution is 2.28. The molecule has 0 spiro atoms. The van der Waals surface area contributed by atoms with Gasteiger partial charge >= 0.3 is 0 Å². The highest BCUT2D eigenvalue weighted by Gasteiger charge is 2.15. The van der Waals surface area contributed by atoms with Crippen LogP contribution in [0, 0.1) is 0 Å². The number of hydrogen-bond acceptors (Lipinski definition) is 4. The van der Waals surface area contributed by atoms with Crippen LogP contribution >= 0.6 is 11.3 Å². The van der Waals surface area contributed by atoms with Gasteiger partial charge in [-0.3, -0.25) is 0 Å². The molecule has 0 aliphatic rings. The van der Waals surface area contributed by atoms with Crippen molar-refractivity contribution in [2.45, 2.75) is 25.8 Å². The van der Waals surface area contributed by atoms with Gasteiger partial charge in [-0.05, 0) is 24.3 Å². The Morgan fingerprint density at radius 1 is 1.53 bits per heavy atom. The summed E-state index contributed by atoms with van der Waals surface area (Å²) in [6.07, 6.45) is 5.95. The number of nitrogens with one attached hydrogen (secondary N) is 1. The Labute approximate surface area is 118 Å². The van der Waals surface area contributed by atoms with Crippen LogP contribution in [-0.2, 0) is 4.74 Å². The third-order valence-electron chi connectivity index (χ3n) is 3.07. The Balaban J connectivity index is 2.05. The molecule has 0 radical (unpaired) electrons. The first-order chi connectivity index (χ1) is 9.36. The van der Waals surface area contributed by atoms with Gasteiger partial charge in [-0.15, -0.1) is 11.3 Å². The SMILES string of the molecule is CCC(c1cccs1)n1ccnc1NCCCOC. The summed E-state index contributed by atoms with van der Waals surface area (Å²) < 4.78 is 7.27. The topological polar surface area (TPSA) is 39.1 Å². The van der Waals surface area contributed by atoms with E-state index in [-0.39, 0.29) is 0 Å². The molecule has 2 heterocycles. The number of methoxy groups -OCH3 is 1. The van der Waals surface area contributed by atoms with Crippen molar-refractivity contribution in [1.82, 2.24) is 9.55 Å². The zero-order valence-electron chi connectivity index (χ0n) is 11.5. The minimum absolute atomic E-state index is 0.368. The number of anilines is 1. The van der Waals surface area contributed by atoms with Gasteiger partial charge in [-0.1, -0.05) is 13.0 Å². The zero-order valence-corrected chi connectivity index (χ0v) is 12.3. The van der Waals surface area contributed by atoms with Crippen LogP contribution in [0.15, 0.2) is 29.9 Å². The molecule has 5 heteroatoms. The van der Waals surface area contributed by atoms with Crippen LogP contribution in [-0.4, -0.2) is 29.8 Å². The lowest BCUT2D eigenvalue weighted by atomic mass is 10.2. The van der Waals surface area contributed by atoms with Gasteiger partial charge in [0.1, 0.15) is 0 Å². The minimum Gasteiger partial charge on any atom is -0.385 e. The summed E-state index contributed by atoms with van der Waals surface area (Å²) in [5.41, 5.74) is 0. The molecule has 1 atom stereocenters. The maximum absolute atomic E-state index is 5.05. The standard InChI is InChI=1S/C14H21N3OS/c1-3-12(13-6-4-11-19-13)17-9-8-16-14(17)15-7-5-10-18-2/h4,6,8-9,11-12H,3,5,7,10H2,1-2H3,(H,15,16). The first-order valence-electron chi connectivity index (χ1n) is 6.65. The Kier molecular flexibility index (Phi) is 5.42. The van der Waals surface area contributed by atoms with Crippen molar-refractivity contribution in [1.29, 1.82) is 0 Å². The molecule has 2 aromatic rings. The van der Waals surface area contributed by atoms with E-state index in [1.165, 1.54) is 4.88 Å². The highest BCUT2D eigenvalue weighted by molar-refractivity contribution is 7.10. The molecule has 0 bridgehead atoms. The molecule has 0 saturated carbocycles. The highest BCUT2D eigenvalue weighted by atomic mass is 32.1. The molecule has 0 saturated heterocycles. The number of ether oxygens (including phenoxy) is 1. The van der Waals surface area contributed by atoms with Gasteiger partial charge < -0.3 is 14.6 Å². The van der Waals surface area contributed by atoms with E-state index in [0.717, 1.165) is 31.9 Å². The van der Waals surface area contributed by atoms with Crippen LogP contribution in [0.2, 0.25) is 0 Å². The normalized spacial score (nSPS) is 12.5. The summed E-state index contributed by atoms with van der Waals surface area (Å²) in [5, 5.41) is 5.51. The molecular formula is C14H21N3OS. The first-order valence-corrected chi connectivity index (χ1v) is 7.53. The largest absolute Gasteiger partial charge is 0.385 e. The lowest BCUT2D eigenvalue weighted by molar-refractivity contribution is 0.197. The molecule has 1 N–H and O–H groups in total. The average molecular weight is 279 g/mol. The first kappa shape index (κ1) is 14.1. The van der Waals surface area contributed by atoms with Crippen molar-refractivity contribution < 1.29 is 4.74 Å². The minimum atomic E-state index is 0.368. The fourth-order valence-electron chi connectivity index (χ4n) is 2.13. The van der Waals surface area contributed by atoms with Crippen LogP contribution in [0.1, 0.15) is 30.7 Å². The van der Waals surface area contributed by atoms with Crippen molar-refractivity contribution in [3.63, 3.8) is 0 Å². The zero-order chi connectivity index (χ0) is 13.5. The van der Waals surface area contributed by atoms with Crippen molar-refractivity contribution in [2.75, 3.05) is 25.6 Å². The number of hydrogen-bond donors (Lipinski definition) is 1. The van der Waals surface area contributed by atoms with E-state index in [1.54, 1.807) is 18.4 Å². The summed E-state index contributed by atoms with van der Waals surface area (Å²) in [5.74, 6) is 0.941. The lowest BCUT2D eigenvalue weighted by Gasteiger charge is -2.18. The molecule has 0 aliphatic heterocycles. The molecule has 0 aliphatic carbocycles. The summed E-state index contributed by atoms with van der Waals surface area (Å²) in [4.78, 5) is 5.78. The second-order valence-corrected chi connectivity index (χ2v) is 5.35. The number of nitrogens with zero attached hydrogens (tertiary/aromatic N) is 2. The number of thiophene rings is 1. The number of rotatable bonds is 8. The Morgan fingerprint density at radius 3 is 3.11 bits per heavy atom. The fourth-order valence-corrected chi connectivity index (χ4v) is 3.04. The lowest BCUT2D eigenvalue weighted by Crippen LogP contribution is -2.14. The molecule has 104 valence electrons. The molecule has 4 nitrogen and oxygen atoms in total. The predicted molar refractivity (Wildman–Crippen MR) is 80.0 cm³/mol. The van der Waals surface area contributed by atoms with E-state index in [2.05, 4.69) is 39.3 Å². The quantitative estimate of drug-likeness (QED) is 0.753. The molecule has 0 fully saturated rings. The Hall–Kier alpha value is -1.33. The Bertz CT molecular complexity index is 467. The van der Waals surface area contributed by atoms with Crippen LogP contribution < -0.4 is 5.32 Å². The van der Waals surface area contributed by atoms with Crippen LogP contribution in [0.5, 0.6) is 0 Å². The van der Waals surface area contributed by atoms with E-state index in [4.69, 9.17) is 4.74 Å². The monoisotopic (exact) mass is 279 g/mol. The van der Waals surface area contributed by atoms with Gasteiger partial charge in [0.15, 0.2) is 0 Å². The van der Waals surface area contributed by atoms with E-state index in [0.29, 0.717) is 6.04 Å². The Morgan fingerprint density at radius 2 is 2.42 bits per heavy atom. The second kappa shape index (κ2) is 7.31. The summed E-state index contributed by atoms with van der Waals surface area (Å²) in [6.45, 7) is 3.86. The smallest absolute Gasteiger partial charge is 0.203 e. The van der Waals surface area contributed by atoms with Gasteiger partial charge in [-0.2, -0.15) is 0 Å². The maximum atomic E-state index is 5.05. The molecule has 0 amide bonds. The van der Waals surface area contributed by atoms with Crippen molar-refractivity contribution in [3.8, 4) is 0 Å². The van der Waals surface area contributed by atoms with E-state index in [9.17, 15) is 0 Å². The van der Waals surface area contributed by atoms with Crippen molar-refractivity contribution in [2.24, 2.45) is 0 Å². The fraction of sp³-hybridized carbons (Fsp3) is 0.500. The number of imidazole rings is 1. The third kappa shape index (κ3) is 3.58. The van der Waals surface area contributed by atoms with Gasteiger partial charge in [0.2, 0.25) is 5.95 Å². The molecule has 2 aromatic heterocycles. The van der Waals surface area contributed by atoms with E-state index in [1.807, 2.05) is 12.4 Å². The van der Waals surface area contributed by atoms with E-state index < -0.39 is 0 Å². The second-order valence-electron chi connectivity index (χ2n) is 4.37. The third-order valence-corrected chi connectivity index (χ3v) is 4.04.